The van der Waals surface area contributed by atoms with Gasteiger partial charge in [0, 0.05) is 11.9 Å². The van der Waals surface area contributed by atoms with E-state index in [1.54, 1.807) is 0 Å². The smallest absolute Gasteiger partial charge is 0.410 e. The maximum atomic E-state index is 11.8. The molecule has 1 aromatic rings. The van der Waals surface area contributed by atoms with Crippen LogP contribution < -0.4 is 0 Å². The van der Waals surface area contributed by atoms with Gasteiger partial charge in [0.05, 0.1) is 18.3 Å². The number of aromatic amines is 1. The van der Waals surface area contributed by atoms with Crippen molar-refractivity contribution < 1.29 is 14.6 Å². The van der Waals surface area contributed by atoms with E-state index in [4.69, 9.17) is 17.0 Å². The molecule has 1 aromatic heterocycles. The van der Waals surface area contributed by atoms with Crippen molar-refractivity contribution in [3.63, 3.8) is 0 Å². The highest BCUT2D eigenvalue weighted by atomic mass is 32.1. The first-order valence-electron chi connectivity index (χ1n) is 5.70. The number of hydrogen-bond acceptors (Lipinski definition) is 5. The number of thiazole rings is 1. The van der Waals surface area contributed by atoms with Crippen molar-refractivity contribution in [2.24, 2.45) is 0 Å². The summed E-state index contributed by atoms with van der Waals surface area (Å²) >= 11 is 6.45. The predicted octanol–water partition coefficient (Wildman–Crippen LogP) is 2.19. The summed E-state index contributed by atoms with van der Waals surface area (Å²) in [5, 5.41) is 11.4. The molecule has 1 amide bonds. The van der Waals surface area contributed by atoms with Crippen LogP contribution in [0.4, 0.5) is 4.79 Å². The zero-order valence-electron chi connectivity index (χ0n) is 10.2. The standard InChI is InChI=1S/C12H14N2O3S2/c1-2-5-17-12(16)14-4-3-8(10(14)6-15)9-7-19-11(18)13-9/h2-3,7,10,15H,1,4-6H2,(H,13,18)/t10-/m0/s1. The Morgan fingerprint density at radius 3 is 3.16 bits per heavy atom. The summed E-state index contributed by atoms with van der Waals surface area (Å²) < 4.78 is 5.66. The van der Waals surface area contributed by atoms with Gasteiger partial charge in [-0.25, -0.2) is 4.79 Å². The van der Waals surface area contributed by atoms with E-state index in [0.717, 1.165) is 11.3 Å². The van der Waals surface area contributed by atoms with Gasteiger partial charge >= 0.3 is 6.09 Å². The summed E-state index contributed by atoms with van der Waals surface area (Å²) in [7, 11) is 0. The molecule has 2 rings (SSSR count). The average molecular weight is 298 g/mol. The lowest BCUT2D eigenvalue weighted by molar-refractivity contribution is 0.0992. The molecule has 0 bridgehead atoms. The van der Waals surface area contributed by atoms with Crippen molar-refractivity contribution >= 4 is 35.2 Å². The van der Waals surface area contributed by atoms with Gasteiger partial charge in [0.15, 0.2) is 3.95 Å². The predicted molar refractivity (Wildman–Crippen MR) is 76.6 cm³/mol. The Balaban J connectivity index is 2.14. The topological polar surface area (TPSA) is 65.6 Å². The molecule has 0 unspecified atom stereocenters. The highest BCUT2D eigenvalue weighted by molar-refractivity contribution is 7.73. The number of aromatic nitrogens is 1. The van der Waals surface area contributed by atoms with Gasteiger partial charge in [-0.2, -0.15) is 0 Å². The van der Waals surface area contributed by atoms with E-state index in [-0.39, 0.29) is 13.2 Å². The third-order valence-corrected chi connectivity index (χ3v) is 3.87. The van der Waals surface area contributed by atoms with Gasteiger partial charge in [-0.05, 0) is 17.8 Å². The first-order valence-corrected chi connectivity index (χ1v) is 6.99. The summed E-state index contributed by atoms with van der Waals surface area (Å²) in [6.45, 7) is 3.90. The number of carbonyl (C=O) groups is 1. The fourth-order valence-corrected chi connectivity index (χ4v) is 2.79. The Morgan fingerprint density at radius 1 is 1.79 bits per heavy atom. The van der Waals surface area contributed by atoms with E-state index in [2.05, 4.69) is 11.6 Å². The van der Waals surface area contributed by atoms with Gasteiger partial charge in [-0.1, -0.05) is 18.7 Å². The van der Waals surface area contributed by atoms with E-state index >= 15 is 0 Å². The van der Waals surface area contributed by atoms with Gasteiger partial charge in [-0.3, -0.25) is 4.90 Å². The second-order valence-electron chi connectivity index (χ2n) is 3.94. The summed E-state index contributed by atoms with van der Waals surface area (Å²) in [4.78, 5) is 16.4. The molecule has 0 radical (unpaired) electrons. The van der Waals surface area contributed by atoms with Crippen molar-refractivity contribution in [1.82, 2.24) is 9.88 Å². The number of rotatable bonds is 4. The van der Waals surface area contributed by atoms with Crippen LogP contribution in [0.5, 0.6) is 0 Å². The van der Waals surface area contributed by atoms with Gasteiger partial charge < -0.3 is 14.8 Å². The third kappa shape index (κ3) is 2.94. The molecule has 1 atom stereocenters. The van der Waals surface area contributed by atoms with Crippen LogP contribution in [0.2, 0.25) is 0 Å². The molecule has 1 aliphatic heterocycles. The first-order chi connectivity index (χ1) is 9.17. The summed E-state index contributed by atoms with van der Waals surface area (Å²) in [5.41, 5.74) is 1.71. The maximum Gasteiger partial charge on any atom is 0.410 e. The second kappa shape index (κ2) is 6.14. The monoisotopic (exact) mass is 298 g/mol. The highest BCUT2D eigenvalue weighted by Gasteiger charge is 2.32. The number of aliphatic hydroxyl groups excluding tert-OH is 1. The lowest BCUT2D eigenvalue weighted by Crippen LogP contribution is -2.39. The number of nitrogens with zero attached hydrogens (tertiary/aromatic N) is 1. The van der Waals surface area contributed by atoms with Crippen LogP contribution in [0.15, 0.2) is 24.1 Å². The van der Waals surface area contributed by atoms with Crippen LogP contribution in [0, 0.1) is 3.95 Å². The number of hydrogen-bond donors (Lipinski definition) is 2. The molecule has 2 heterocycles. The van der Waals surface area contributed by atoms with Gasteiger partial charge in [0.2, 0.25) is 0 Å². The summed E-state index contributed by atoms with van der Waals surface area (Å²) in [5.74, 6) is 0. The molecular weight excluding hydrogens is 284 g/mol. The van der Waals surface area contributed by atoms with E-state index in [1.807, 2.05) is 11.5 Å². The van der Waals surface area contributed by atoms with Crippen molar-refractivity contribution in [2.75, 3.05) is 19.8 Å². The molecule has 0 aromatic carbocycles. The van der Waals surface area contributed by atoms with E-state index < -0.39 is 12.1 Å². The molecule has 7 heteroatoms. The molecule has 0 saturated carbocycles. The summed E-state index contributed by atoms with van der Waals surface area (Å²) in [6, 6.07) is -0.405. The van der Waals surface area contributed by atoms with Crippen LogP contribution in [0.3, 0.4) is 0 Å². The number of nitrogens with one attached hydrogen (secondary N) is 1. The van der Waals surface area contributed by atoms with Crippen LogP contribution in [0.25, 0.3) is 5.57 Å². The molecular formula is C12H14N2O3S2. The molecule has 0 saturated heterocycles. The number of carbonyl (C=O) groups excluding carboxylic acids is 1. The zero-order chi connectivity index (χ0) is 13.8. The molecule has 5 nitrogen and oxygen atoms in total. The normalized spacial score (nSPS) is 18.3. The van der Waals surface area contributed by atoms with E-state index in [0.29, 0.717) is 10.5 Å². The van der Waals surface area contributed by atoms with E-state index in [1.165, 1.54) is 22.3 Å². The van der Waals surface area contributed by atoms with Crippen molar-refractivity contribution in [3.05, 3.63) is 33.8 Å². The minimum atomic E-state index is -0.459. The van der Waals surface area contributed by atoms with Crippen molar-refractivity contribution in [3.8, 4) is 0 Å². The first kappa shape index (κ1) is 14.0. The number of ether oxygens (including phenoxy) is 1. The number of aliphatic hydroxyl groups is 1. The SMILES string of the molecule is C=CCOC(=O)N1CC=C(c2csc(=S)[nH]2)[C@@H]1CO. The highest BCUT2D eigenvalue weighted by Crippen LogP contribution is 2.28. The fourth-order valence-electron chi connectivity index (χ4n) is 1.95. The van der Waals surface area contributed by atoms with Crippen molar-refractivity contribution in [2.45, 2.75) is 6.04 Å². The maximum absolute atomic E-state index is 11.8. The second-order valence-corrected chi connectivity index (χ2v) is 5.48. The quantitative estimate of drug-likeness (QED) is 0.660. The van der Waals surface area contributed by atoms with Crippen LogP contribution in [0.1, 0.15) is 5.69 Å². The van der Waals surface area contributed by atoms with E-state index in [9.17, 15) is 9.90 Å². The molecule has 102 valence electrons. The number of amides is 1. The van der Waals surface area contributed by atoms with Gasteiger partial charge in [0.25, 0.3) is 0 Å². The molecule has 0 spiro atoms. The van der Waals surface area contributed by atoms with Crippen molar-refractivity contribution in [1.29, 1.82) is 0 Å². The van der Waals surface area contributed by atoms with Crippen LogP contribution >= 0.6 is 23.6 Å². The fraction of sp³-hybridized carbons (Fsp3) is 0.333. The Labute approximate surface area is 119 Å². The molecule has 0 fully saturated rings. The molecule has 2 N–H and O–H groups in total. The van der Waals surface area contributed by atoms with Crippen LogP contribution in [-0.4, -0.2) is 46.9 Å². The molecule has 0 aliphatic carbocycles. The summed E-state index contributed by atoms with van der Waals surface area (Å²) in [6.07, 6.45) is 2.94. The Morgan fingerprint density at radius 2 is 2.58 bits per heavy atom. The lowest BCUT2D eigenvalue weighted by atomic mass is 10.1. The Bertz CT molecular complexity index is 561. The lowest BCUT2D eigenvalue weighted by Gasteiger charge is -2.24. The minimum absolute atomic E-state index is 0.156. The van der Waals surface area contributed by atoms with Gasteiger partial charge in [0.1, 0.15) is 6.61 Å². The Kier molecular flexibility index (Phi) is 4.52. The van der Waals surface area contributed by atoms with Gasteiger partial charge in [-0.15, -0.1) is 11.3 Å². The third-order valence-electron chi connectivity index (χ3n) is 2.81. The molecule has 1 aliphatic rings. The zero-order valence-corrected chi connectivity index (χ0v) is 11.8. The largest absolute Gasteiger partial charge is 0.445 e. The number of H-pyrrole nitrogens is 1. The average Bonchev–Trinajstić information content (AvgIpc) is 3.01. The minimum Gasteiger partial charge on any atom is -0.445 e. The van der Waals surface area contributed by atoms with Crippen LogP contribution in [-0.2, 0) is 4.74 Å². The Hall–Kier alpha value is -1.44. The molecule has 19 heavy (non-hydrogen) atoms.